The molecule has 158 valence electrons. The van der Waals surface area contributed by atoms with Crippen LogP contribution in [0.3, 0.4) is 0 Å². The maximum atomic E-state index is 13.5. The Bertz CT molecular complexity index is 1410. The number of carbonyl (C=O) groups is 1. The summed E-state index contributed by atoms with van der Waals surface area (Å²) in [6.45, 7) is 0. The maximum Gasteiger partial charge on any atom is 0.303 e. The van der Waals surface area contributed by atoms with Crippen LogP contribution in [-0.2, 0) is 21.2 Å². The first-order chi connectivity index (χ1) is 14.8. The summed E-state index contributed by atoms with van der Waals surface area (Å²) in [5.41, 5.74) is 2.27. The van der Waals surface area contributed by atoms with E-state index in [-0.39, 0.29) is 22.8 Å². The second kappa shape index (κ2) is 8.17. The highest BCUT2D eigenvalue weighted by Gasteiger charge is 2.22. The number of carboxylic acid groups (broad SMARTS) is 1. The van der Waals surface area contributed by atoms with Crippen molar-refractivity contribution in [3.05, 3.63) is 89.3 Å². The number of rotatable bonds is 6. The van der Waals surface area contributed by atoms with Crippen LogP contribution in [0.4, 0.5) is 4.39 Å². The lowest BCUT2D eigenvalue weighted by Gasteiger charge is -2.10. The van der Waals surface area contributed by atoms with E-state index < -0.39 is 21.8 Å². The van der Waals surface area contributed by atoms with Crippen molar-refractivity contribution in [2.75, 3.05) is 0 Å². The molecule has 4 aromatic rings. The fourth-order valence-corrected chi connectivity index (χ4v) is 5.10. The summed E-state index contributed by atoms with van der Waals surface area (Å²) < 4.78 is 41.6. The normalized spacial score (nSPS) is 11.7. The molecule has 0 aliphatic carbocycles. The first kappa shape index (κ1) is 21.1. The van der Waals surface area contributed by atoms with E-state index in [2.05, 4.69) is 0 Å². The second-order valence-electron chi connectivity index (χ2n) is 7.02. The van der Waals surface area contributed by atoms with Gasteiger partial charge in [0.1, 0.15) is 5.82 Å². The summed E-state index contributed by atoms with van der Waals surface area (Å²) in [5.74, 6) is -1.51. The zero-order valence-corrected chi connectivity index (χ0v) is 17.7. The van der Waals surface area contributed by atoms with Crippen LogP contribution in [0.1, 0.15) is 12.0 Å². The Morgan fingerprint density at radius 3 is 2.48 bits per heavy atom. The molecule has 5 nitrogen and oxygen atoms in total. The summed E-state index contributed by atoms with van der Waals surface area (Å²) in [4.78, 5) is 11.0. The zero-order chi connectivity index (χ0) is 22.2. The van der Waals surface area contributed by atoms with E-state index in [9.17, 15) is 17.6 Å². The van der Waals surface area contributed by atoms with Crippen LogP contribution < -0.4 is 0 Å². The summed E-state index contributed by atoms with van der Waals surface area (Å²) >= 11 is 5.87. The summed E-state index contributed by atoms with van der Waals surface area (Å²) in [6.07, 6.45) is 1.59. The van der Waals surface area contributed by atoms with Crippen LogP contribution in [0.15, 0.2) is 77.8 Å². The van der Waals surface area contributed by atoms with Crippen LogP contribution >= 0.6 is 11.6 Å². The number of benzene rings is 3. The summed E-state index contributed by atoms with van der Waals surface area (Å²) in [5, 5.41) is 9.65. The van der Waals surface area contributed by atoms with Gasteiger partial charge in [0.2, 0.25) is 0 Å². The first-order valence-electron chi connectivity index (χ1n) is 9.39. The van der Waals surface area contributed by atoms with E-state index >= 15 is 0 Å². The van der Waals surface area contributed by atoms with Crippen LogP contribution in [0, 0.1) is 5.82 Å². The van der Waals surface area contributed by atoms with Crippen molar-refractivity contribution >= 4 is 38.5 Å². The Morgan fingerprint density at radius 2 is 1.74 bits per heavy atom. The van der Waals surface area contributed by atoms with Crippen molar-refractivity contribution < 1.29 is 22.7 Å². The lowest BCUT2D eigenvalue weighted by molar-refractivity contribution is -0.136. The molecule has 3 aromatic carbocycles. The molecule has 8 heteroatoms. The van der Waals surface area contributed by atoms with Crippen molar-refractivity contribution in [1.29, 1.82) is 0 Å². The van der Waals surface area contributed by atoms with Gasteiger partial charge in [-0.25, -0.2) is 16.8 Å². The number of hydrogen-bond donors (Lipinski definition) is 1. The van der Waals surface area contributed by atoms with Gasteiger partial charge in [0.15, 0.2) is 0 Å². The molecule has 1 N–H and O–H groups in total. The number of aromatic nitrogens is 1. The van der Waals surface area contributed by atoms with E-state index in [4.69, 9.17) is 16.7 Å². The van der Waals surface area contributed by atoms with Gasteiger partial charge in [-0.3, -0.25) is 4.79 Å². The van der Waals surface area contributed by atoms with Crippen LogP contribution in [0.2, 0.25) is 5.02 Å². The van der Waals surface area contributed by atoms with Crippen LogP contribution in [0.25, 0.3) is 22.0 Å². The molecule has 0 saturated carbocycles. The fourth-order valence-electron chi connectivity index (χ4n) is 3.48. The van der Waals surface area contributed by atoms with Crippen LogP contribution in [-0.4, -0.2) is 23.5 Å². The Kier molecular flexibility index (Phi) is 5.56. The molecule has 0 saturated heterocycles. The highest BCUT2D eigenvalue weighted by atomic mass is 35.5. The first-order valence-corrected chi connectivity index (χ1v) is 11.2. The molecule has 1 aromatic heterocycles. The van der Waals surface area contributed by atoms with Crippen molar-refractivity contribution in [2.45, 2.75) is 17.7 Å². The van der Waals surface area contributed by atoms with Gasteiger partial charge < -0.3 is 5.11 Å². The molecule has 4 rings (SSSR count). The standard InChI is InChI=1S/C23H17ClFNO4S/c24-20-13-16(8-10-21(20)25)15-4-3-5-18(12-15)31(29,30)26-14-17(9-11-23(27)28)19-6-1-2-7-22(19)26/h1-8,10,12-14H,9,11H2,(H,27,28). The predicted octanol–water partition coefficient (Wildman–Crippen LogP) is 5.36. The van der Waals surface area contributed by atoms with Gasteiger partial charge in [-0.15, -0.1) is 0 Å². The van der Waals surface area contributed by atoms with Gasteiger partial charge in [-0.2, -0.15) is 0 Å². The summed E-state index contributed by atoms with van der Waals surface area (Å²) in [6, 6.07) is 17.5. The van der Waals surface area contributed by atoms with Crippen molar-refractivity contribution in [1.82, 2.24) is 3.97 Å². The molecule has 0 aliphatic rings. The minimum Gasteiger partial charge on any atom is -0.481 e. The average Bonchev–Trinajstić information content (AvgIpc) is 3.14. The molecule has 0 amide bonds. The summed E-state index contributed by atoms with van der Waals surface area (Å²) in [7, 11) is -3.97. The minimum absolute atomic E-state index is 0.0507. The average molecular weight is 458 g/mol. The van der Waals surface area contributed by atoms with Crippen molar-refractivity contribution in [3.8, 4) is 11.1 Å². The van der Waals surface area contributed by atoms with E-state index in [0.29, 0.717) is 27.6 Å². The van der Waals surface area contributed by atoms with E-state index in [1.807, 2.05) is 0 Å². The second-order valence-corrected chi connectivity index (χ2v) is 9.24. The molecular weight excluding hydrogens is 441 g/mol. The zero-order valence-electron chi connectivity index (χ0n) is 16.1. The Morgan fingerprint density at radius 1 is 1.00 bits per heavy atom. The molecule has 0 bridgehead atoms. The Labute approximate surface area is 183 Å². The molecule has 0 unspecified atom stereocenters. The van der Waals surface area contributed by atoms with Gasteiger partial charge in [0.05, 0.1) is 15.4 Å². The Balaban J connectivity index is 1.81. The number of fused-ring (bicyclic) bond motifs is 1. The largest absolute Gasteiger partial charge is 0.481 e. The van der Waals surface area contributed by atoms with Gasteiger partial charge >= 0.3 is 5.97 Å². The van der Waals surface area contributed by atoms with Gasteiger partial charge in [0, 0.05) is 18.0 Å². The van der Waals surface area contributed by atoms with Gasteiger partial charge in [-0.1, -0.05) is 48.0 Å². The quantitative estimate of drug-likeness (QED) is 0.423. The highest BCUT2D eigenvalue weighted by Crippen LogP contribution is 2.30. The molecule has 0 fully saturated rings. The topological polar surface area (TPSA) is 76.4 Å². The molecule has 0 atom stereocenters. The molecule has 0 radical (unpaired) electrons. The SMILES string of the molecule is O=C(O)CCc1cn(S(=O)(=O)c2cccc(-c3ccc(F)c(Cl)c3)c2)c2ccccc12. The number of halogens is 2. The van der Waals surface area contributed by atoms with Crippen LogP contribution in [0.5, 0.6) is 0 Å². The molecule has 0 spiro atoms. The third kappa shape index (κ3) is 4.06. The third-order valence-corrected chi connectivity index (χ3v) is 6.97. The minimum atomic E-state index is -3.97. The van der Waals surface area contributed by atoms with Crippen molar-refractivity contribution in [2.24, 2.45) is 0 Å². The number of para-hydroxylation sites is 1. The third-order valence-electron chi connectivity index (χ3n) is 5.01. The number of nitrogens with zero attached hydrogens (tertiary/aromatic N) is 1. The number of aliphatic carboxylic acids is 1. The fraction of sp³-hybridized carbons (Fsp3) is 0.0870. The lowest BCUT2D eigenvalue weighted by atomic mass is 10.1. The lowest BCUT2D eigenvalue weighted by Crippen LogP contribution is -2.12. The maximum absolute atomic E-state index is 13.5. The van der Waals surface area contributed by atoms with Crippen molar-refractivity contribution in [3.63, 3.8) is 0 Å². The predicted molar refractivity (Wildman–Crippen MR) is 117 cm³/mol. The molecule has 31 heavy (non-hydrogen) atoms. The molecule has 1 heterocycles. The van der Waals surface area contributed by atoms with E-state index in [1.54, 1.807) is 36.4 Å². The van der Waals surface area contributed by atoms with E-state index in [0.717, 1.165) is 0 Å². The highest BCUT2D eigenvalue weighted by molar-refractivity contribution is 7.90. The number of hydrogen-bond acceptors (Lipinski definition) is 3. The van der Waals surface area contributed by atoms with E-state index in [1.165, 1.54) is 40.5 Å². The molecular formula is C23H17ClFNO4S. The Hall–Kier alpha value is -3.16. The number of aryl methyl sites for hydroxylation is 1. The number of carboxylic acids is 1. The van der Waals surface area contributed by atoms with Gasteiger partial charge in [0.25, 0.3) is 10.0 Å². The molecule has 0 aliphatic heterocycles. The smallest absolute Gasteiger partial charge is 0.303 e. The monoisotopic (exact) mass is 457 g/mol. The van der Waals surface area contributed by atoms with Gasteiger partial charge in [-0.05, 0) is 53.4 Å².